The van der Waals surface area contributed by atoms with Gasteiger partial charge in [0.2, 0.25) is 0 Å². The van der Waals surface area contributed by atoms with Crippen LogP contribution in [0.15, 0.2) is 16.7 Å². The molecule has 2 rings (SSSR count). The second-order valence-corrected chi connectivity index (χ2v) is 4.12. The standard InChI is InChI=1S/C9H8BrNO2/c10-7-2-5-1-6(9(12)13)3-8(5)11-4-7/h2,4,6H,1,3H2,(H,12,13). The molecular weight excluding hydrogens is 234 g/mol. The van der Waals surface area contributed by atoms with Crippen LogP contribution in [0, 0.1) is 5.92 Å². The molecule has 13 heavy (non-hydrogen) atoms. The number of carboxylic acids is 1. The molecule has 0 bridgehead atoms. The molecule has 0 aliphatic heterocycles. The minimum absolute atomic E-state index is 0.281. The number of aromatic nitrogens is 1. The van der Waals surface area contributed by atoms with Crippen molar-refractivity contribution in [3.05, 3.63) is 28.0 Å². The van der Waals surface area contributed by atoms with Crippen LogP contribution in [0.3, 0.4) is 0 Å². The summed E-state index contributed by atoms with van der Waals surface area (Å²) >= 11 is 3.31. The smallest absolute Gasteiger partial charge is 0.307 e. The SMILES string of the molecule is O=C(O)C1Cc2cc(Br)cnc2C1. The van der Waals surface area contributed by atoms with Crippen LogP contribution in [-0.2, 0) is 17.6 Å². The first kappa shape index (κ1) is 8.69. The predicted octanol–water partition coefficient (Wildman–Crippen LogP) is 1.64. The minimum Gasteiger partial charge on any atom is -0.481 e. The third-order valence-electron chi connectivity index (χ3n) is 2.28. The molecule has 4 heteroatoms. The fraction of sp³-hybridized carbons (Fsp3) is 0.333. The number of hydrogen-bond donors (Lipinski definition) is 1. The van der Waals surface area contributed by atoms with Gasteiger partial charge in [0, 0.05) is 22.8 Å². The van der Waals surface area contributed by atoms with Gasteiger partial charge in [-0.2, -0.15) is 0 Å². The highest BCUT2D eigenvalue weighted by molar-refractivity contribution is 9.10. The third kappa shape index (κ3) is 1.58. The van der Waals surface area contributed by atoms with E-state index >= 15 is 0 Å². The number of nitrogens with zero attached hydrogens (tertiary/aromatic N) is 1. The van der Waals surface area contributed by atoms with E-state index in [1.807, 2.05) is 6.07 Å². The van der Waals surface area contributed by atoms with E-state index < -0.39 is 5.97 Å². The quantitative estimate of drug-likeness (QED) is 0.814. The molecule has 0 aromatic carbocycles. The van der Waals surface area contributed by atoms with Crippen molar-refractivity contribution >= 4 is 21.9 Å². The van der Waals surface area contributed by atoms with Gasteiger partial charge in [0.1, 0.15) is 0 Å². The molecule has 3 nitrogen and oxygen atoms in total. The van der Waals surface area contributed by atoms with Gasteiger partial charge in [-0.1, -0.05) is 0 Å². The third-order valence-corrected chi connectivity index (χ3v) is 2.72. The highest BCUT2D eigenvalue weighted by atomic mass is 79.9. The molecule has 1 aliphatic rings. The zero-order chi connectivity index (χ0) is 9.42. The number of aliphatic carboxylic acids is 1. The van der Waals surface area contributed by atoms with Gasteiger partial charge in [-0.15, -0.1) is 0 Å². The molecule has 1 aliphatic carbocycles. The van der Waals surface area contributed by atoms with E-state index in [2.05, 4.69) is 20.9 Å². The Hall–Kier alpha value is -0.900. The van der Waals surface area contributed by atoms with Gasteiger partial charge in [-0.25, -0.2) is 0 Å². The number of pyridine rings is 1. The normalized spacial score (nSPS) is 19.9. The zero-order valence-corrected chi connectivity index (χ0v) is 8.41. The largest absolute Gasteiger partial charge is 0.481 e. The average Bonchev–Trinajstić information content (AvgIpc) is 2.46. The summed E-state index contributed by atoms with van der Waals surface area (Å²) in [5, 5.41) is 8.82. The molecular formula is C9H8BrNO2. The first-order chi connectivity index (χ1) is 6.16. The van der Waals surface area contributed by atoms with Gasteiger partial charge in [0.15, 0.2) is 0 Å². The average molecular weight is 242 g/mol. The number of rotatable bonds is 1. The van der Waals surface area contributed by atoms with Crippen molar-refractivity contribution in [1.29, 1.82) is 0 Å². The lowest BCUT2D eigenvalue weighted by Crippen LogP contribution is -2.12. The summed E-state index contributed by atoms with van der Waals surface area (Å²) in [5.41, 5.74) is 1.98. The Morgan fingerprint density at radius 3 is 3.08 bits per heavy atom. The summed E-state index contributed by atoms with van der Waals surface area (Å²) in [5.74, 6) is -1.01. The minimum atomic E-state index is -0.728. The molecule has 1 aromatic heterocycles. The van der Waals surface area contributed by atoms with Crippen LogP contribution in [0.5, 0.6) is 0 Å². The Balaban J connectivity index is 2.30. The Morgan fingerprint density at radius 1 is 1.62 bits per heavy atom. The maximum atomic E-state index is 10.7. The van der Waals surface area contributed by atoms with Gasteiger partial charge in [-0.05, 0) is 34.0 Å². The maximum absolute atomic E-state index is 10.7. The predicted molar refractivity (Wildman–Crippen MR) is 50.5 cm³/mol. The van der Waals surface area contributed by atoms with Gasteiger partial charge in [0.05, 0.1) is 5.92 Å². The topological polar surface area (TPSA) is 50.2 Å². The summed E-state index contributed by atoms with van der Waals surface area (Å²) < 4.78 is 0.914. The molecule has 0 radical (unpaired) electrons. The lowest BCUT2D eigenvalue weighted by molar-refractivity contribution is -0.141. The first-order valence-electron chi connectivity index (χ1n) is 4.03. The first-order valence-corrected chi connectivity index (χ1v) is 4.82. The molecule has 1 N–H and O–H groups in total. The Labute approximate surface area is 83.9 Å². The van der Waals surface area contributed by atoms with Crippen molar-refractivity contribution in [2.24, 2.45) is 5.92 Å². The second-order valence-electron chi connectivity index (χ2n) is 3.20. The fourth-order valence-corrected chi connectivity index (χ4v) is 1.99. The van der Waals surface area contributed by atoms with Crippen molar-refractivity contribution in [3.8, 4) is 0 Å². The van der Waals surface area contributed by atoms with E-state index in [-0.39, 0.29) is 5.92 Å². The highest BCUT2D eigenvalue weighted by Crippen LogP contribution is 2.27. The van der Waals surface area contributed by atoms with E-state index in [0.717, 1.165) is 15.7 Å². The number of carbonyl (C=O) groups is 1. The zero-order valence-electron chi connectivity index (χ0n) is 6.83. The molecule has 0 fully saturated rings. The van der Waals surface area contributed by atoms with Crippen molar-refractivity contribution in [1.82, 2.24) is 4.98 Å². The second kappa shape index (κ2) is 3.10. The monoisotopic (exact) mass is 241 g/mol. The summed E-state index contributed by atoms with van der Waals surface area (Å²) in [6, 6.07) is 1.95. The summed E-state index contributed by atoms with van der Waals surface area (Å²) in [6.07, 6.45) is 2.89. The maximum Gasteiger partial charge on any atom is 0.307 e. The lowest BCUT2D eigenvalue weighted by Gasteiger charge is -1.98. The van der Waals surface area contributed by atoms with Crippen LogP contribution in [0.2, 0.25) is 0 Å². The number of fused-ring (bicyclic) bond motifs is 1. The summed E-state index contributed by atoms with van der Waals surface area (Å²) in [6.45, 7) is 0. The van der Waals surface area contributed by atoms with E-state index in [4.69, 9.17) is 5.11 Å². The van der Waals surface area contributed by atoms with Crippen LogP contribution < -0.4 is 0 Å². The Morgan fingerprint density at radius 2 is 2.38 bits per heavy atom. The highest BCUT2D eigenvalue weighted by Gasteiger charge is 2.27. The van der Waals surface area contributed by atoms with E-state index in [0.29, 0.717) is 12.8 Å². The van der Waals surface area contributed by atoms with E-state index in [1.165, 1.54) is 0 Å². The lowest BCUT2D eigenvalue weighted by atomic mass is 10.1. The van der Waals surface area contributed by atoms with Crippen molar-refractivity contribution < 1.29 is 9.90 Å². The van der Waals surface area contributed by atoms with Crippen LogP contribution in [0.4, 0.5) is 0 Å². The van der Waals surface area contributed by atoms with E-state index in [9.17, 15) is 4.79 Å². The fourth-order valence-electron chi connectivity index (χ4n) is 1.62. The van der Waals surface area contributed by atoms with Crippen LogP contribution in [0.25, 0.3) is 0 Å². The Kier molecular flexibility index (Phi) is 2.07. The Bertz CT molecular complexity index is 365. The van der Waals surface area contributed by atoms with Gasteiger partial charge in [-0.3, -0.25) is 9.78 Å². The van der Waals surface area contributed by atoms with Gasteiger partial charge >= 0.3 is 5.97 Å². The van der Waals surface area contributed by atoms with Crippen molar-refractivity contribution in [2.45, 2.75) is 12.8 Å². The molecule has 1 unspecified atom stereocenters. The number of halogens is 1. The van der Waals surface area contributed by atoms with E-state index in [1.54, 1.807) is 6.20 Å². The van der Waals surface area contributed by atoms with Crippen LogP contribution in [-0.4, -0.2) is 16.1 Å². The molecule has 0 amide bonds. The van der Waals surface area contributed by atoms with Gasteiger partial charge in [0.25, 0.3) is 0 Å². The number of hydrogen-bond acceptors (Lipinski definition) is 2. The molecule has 0 saturated carbocycles. The molecule has 68 valence electrons. The molecule has 1 heterocycles. The molecule has 0 saturated heterocycles. The summed E-state index contributed by atoms with van der Waals surface area (Å²) in [7, 11) is 0. The number of carboxylic acid groups (broad SMARTS) is 1. The van der Waals surface area contributed by atoms with Gasteiger partial charge < -0.3 is 5.11 Å². The summed E-state index contributed by atoms with van der Waals surface area (Å²) in [4.78, 5) is 14.9. The van der Waals surface area contributed by atoms with Crippen molar-refractivity contribution in [3.63, 3.8) is 0 Å². The van der Waals surface area contributed by atoms with Crippen LogP contribution >= 0.6 is 15.9 Å². The molecule has 0 spiro atoms. The van der Waals surface area contributed by atoms with Crippen molar-refractivity contribution in [2.75, 3.05) is 0 Å². The molecule has 1 aromatic rings. The van der Waals surface area contributed by atoms with Crippen LogP contribution in [0.1, 0.15) is 11.3 Å². The molecule has 1 atom stereocenters.